The molecule has 0 radical (unpaired) electrons. The summed E-state index contributed by atoms with van der Waals surface area (Å²) in [4.78, 5) is 23.8. The number of aryl methyl sites for hydroxylation is 1. The first-order valence-electron chi connectivity index (χ1n) is 11.1. The lowest BCUT2D eigenvalue weighted by Crippen LogP contribution is -2.47. The van der Waals surface area contributed by atoms with Crippen molar-refractivity contribution in [1.82, 2.24) is 0 Å². The molecule has 4 rings (SSSR count). The molecule has 5 heteroatoms. The number of ether oxygens (including phenoxy) is 3. The molecule has 0 aromatic heterocycles. The van der Waals surface area contributed by atoms with E-state index < -0.39 is 5.97 Å². The van der Waals surface area contributed by atoms with Gasteiger partial charge in [-0.3, -0.25) is 4.79 Å². The van der Waals surface area contributed by atoms with Gasteiger partial charge in [0.05, 0.1) is 24.0 Å². The minimum Gasteiger partial charge on any atom is -0.464 e. The molecular weight excluding hydrogens is 404 g/mol. The average molecular weight is 435 g/mol. The molecule has 2 fully saturated rings. The molecule has 5 nitrogen and oxygen atoms in total. The van der Waals surface area contributed by atoms with Gasteiger partial charge in [-0.15, -0.1) is 0 Å². The van der Waals surface area contributed by atoms with Gasteiger partial charge in [0.1, 0.15) is 12.4 Å². The first kappa shape index (κ1) is 22.3. The molecule has 1 saturated carbocycles. The fourth-order valence-corrected chi connectivity index (χ4v) is 3.66. The zero-order chi connectivity index (χ0) is 22.8. The summed E-state index contributed by atoms with van der Waals surface area (Å²) in [6, 6.07) is 15.9. The maximum Gasteiger partial charge on any atom is 0.338 e. The van der Waals surface area contributed by atoms with Crippen LogP contribution in [0.25, 0.3) is 11.1 Å². The number of hydrogen-bond acceptors (Lipinski definition) is 5. The van der Waals surface area contributed by atoms with Gasteiger partial charge in [0.25, 0.3) is 0 Å². The van der Waals surface area contributed by atoms with Gasteiger partial charge in [-0.25, -0.2) is 4.79 Å². The Balaban J connectivity index is 1.31. The van der Waals surface area contributed by atoms with E-state index in [1.165, 1.54) is 5.56 Å². The van der Waals surface area contributed by atoms with E-state index in [2.05, 4.69) is 30.8 Å². The van der Waals surface area contributed by atoms with Gasteiger partial charge in [0, 0.05) is 5.57 Å². The van der Waals surface area contributed by atoms with E-state index in [-0.39, 0.29) is 16.8 Å². The molecule has 0 amide bonds. The average Bonchev–Trinajstić information content (AvgIpc) is 3.52. The SMILES string of the molecule is C=C(C)C(=O)Oc1ccc(-c2ccc(CCC3(COC(=O)C4(C)CC4)COC3)cc2)cc1. The highest BCUT2D eigenvalue weighted by Gasteiger charge is 2.48. The Hall–Kier alpha value is -2.92. The van der Waals surface area contributed by atoms with Crippen molar-refractivity contribution in [3.63, 3.8) is 0 Å². The monoisotopic (exact) mass is 434 g/mol. The van der Waals surface area contributed by atoms with Crippen LogP contribution in [0.4, 0.5) is 0 Å². The van der Waals surface area contributed by atoms with Crippen LogP contribution in [0, 0.1) is 10.8 Å². The lowest BCUT2D eigenvalue weighted by atomic mass is 9.81. The molecule has 0 unspecified atom stereocenters. The fraction of sp³-hybridized carbons (Fsp3) is 0.407. The molecule has 1 aliphatic heterocycles. The van der Waals surface area contributed by atoms with E-state index in [1.54, 1.807) is 19.1 Å². The van der Waals surface area contributed by atoms with Gasteiger partial charge in [0.15, 0.2) is 0 Å². The molecule has 168 valence electrons. The Bertz CT molecular complexity index is 995. The maximum absolute atomic E-state index is 12.2. The van der Waals surface area contributed by atoms with Gasteiger partial charge in [0.2, 0.25) is 0 Å². The lowest BCUT2D eigenvalue weighted by molar-refractivity contribution is -0.175. The molecule has 0 bridgehead atoms. The Kier molecular flexibility index (Phi) is 6.20. The third kappa shape index (κ3) is 5.10. The van der Waals surface area contributed by atoms with Crippen molar-refractivity contribution in [2.45, 2.75) is 39.5 Å². The van der Waals surface area contributed by atoms with Crippen molar-refractivity contribution >= 4 is 11.9 Å². The summed E-state index contributed by atoms with van der Waals surface area (Å²) in [6.07, 6.45) is 3.71. The molecule has 0 N–H and O–H groups in total. The van der Waals surface area contributed by atoms with Crippen LogP contribution in [0.1, 0.15) is 38.7 Å². The van der Waals surface area contributed by atoms with Crippen molar-refractivity contribution in [3.05, 3.63) is 66.2 Å². The van der Waals surface area contributed by atoms with E-state index in [0.29, 0.717) is 31.1 Å². The predicted octanol–water partition coefficient (Wildman–Crippen LogP) is 5.13. The molecule has 1 saturated heterocycles. The highest BCUT2D eigenvalue weighted by Crippen LogP contribution is 2.46. The van der Waals surface area contributed by atoms with Crippen LogP contribution in [-0.2, 0) is 25.5 Å². The smallest absolute Gasteiger partial charge is 0.338 e. The van der Waals surface area contributed by atoms with Gasteiger partial charge in [-0.1, -0.05) is 43.0 Å². The highest BCUT2D eigenvalue weighted by molar-refractivity contribution is 5.88. The van der Waals surface area contributed by atoms with Gasteiger partial charge < -0.3 is 14.2 Å². The van der Waals surface area contributed by atoms with Crippen LogP contribution in [0.5, 0.6) is 5.75 Å². The van der Waals surface area contributed by atoms with Crippen molar-refractivity contribution in [3.8, 4) is 16.9 Å². The van der Waals surface area contributed by atoms with Crippen LogP contribution in [0.2, 0.25) is 0 Å². The van der Waals surface area contributed by atoms with Crippen LogP contribution in [0.3, 0.4) is 0 Å². The second kappa shape index (κ2) is 8.91. The zero-order valence-corrected chi connectivity index (χ0v) is 18.8. The first-order chi connectivity index (χ1) is 15.3. The van der Waals surface area contributed by atoms with Crippen LogP contribution < -0.4 is 4.74 Å². The number of benzene rings is 2. The van der Waals surface area contributed by atoms with Crippen LogP contribution in [-0.4, -0.2) is 31.8 Å². The normalized spacial score (nSPS) is 17.7. The quantitative estimate of drug-likeness (QED) is 0.311. The highest BCUT2D eigenvalue weighted by atomic mass is 16.6. The van der Waals surface area contributed by atoms with Crippen LogP contribution >= 0.6 is 0 Å². The van der Waals surface area contributed by atoms with Crippen molar-refractivity contribution in [2.24, 2.45) is 10.8 Å². The minimum absolute atomic E-state index is 0.0589. The Morgan fingerprint density at radius 1 is 1.00 bits per heavy atom. The predicted molar refractivity (Wildman–Crippen MR) is 122 cm³/mol. The third-order valence-electron chi connectivity index (χ3n) is 6.46. The summed E-state index contributed by atoms with van der Waals surface area (Å²) >= 11 is 0. The minimum atomic E-state index is -0.423. The fourth-order valence-electron chi connectivity index (χ4n) is 3.66. The first-order valence-corrected chi connectivity index (χ1v) is 11.1. The Labute approximate surface area is 189 Å². The summed E-state index contributed by atoms with van der Waals surface area (Å²) in [5.41, 5.74) is 3.46. The maximum atomic E-state index is 12.2. The second-order valence-electron chi connectivity index (χ2n) is 9.52. The number of carbonyl (C=O) groups is 2. The third-order valence-corrected chi connectivity index (χ3v) is 6.46. The van der Waals surface area contributed by atoms with Crippen molar-refractivity contribution in [1.29, 1.82) is 0 Å². The summed E-state index contributed by atoms with van der Waals surface area (Å²) < 4.78 is 16.3. The Morgan fingerprint density at radius 2 is 1.59 bits per heavy atom. The number of esters is 2. The van der Waals surface area contributed by atoms with Crippen molar-refractivity contribution in [2.75, 3.05) is 19.8 Å². The van der Waals surface area contributed by atoms with Gasteiger partial charge in [-0.05, 0) is 68.4 Å². The standard InChI is InChI=1S/C27H30O5/c1-19(2)24(28)32-23-10-8-22(9-11-23)21-6-4-20(5-7-21)12-13-27(16-30-17-27)18-31-25(29)26(3)14-15-26/h4-11H,1,12-18H2,2-3H3. The number of rotatable bonds is 9. The van der Waals surface area contributed by atoms with Crippen LogP contribution in [0.15, 0.2) is 60.7 Å². The Morgan fingerprint density at radius 3 is 2.09 bits per heavy atom. The molecule has 2 aromatic carbocycles. The topological polar surface area (TPSA) is 61.8 Å². The zero-order valence-electron chi connectivity index (χ0n) is 18.8. The summed E-state index contributed by atoms with van der Waals surface area (Å²) in [5.74, 6) is 0.0181. The lowest BCUT2D eigenvalue weighted by Gasteiger charge is -2.41. The van der Waals surface area contributed by atoms with E-state index >= 15 is 0 Å². The summed E-state index contributed by atoms with van der Waals surface area (Å²) in [6.45, 7) is 8.94. The molecule has 0 atom stereocenters. The molecule has 1 aliphatic carbocycles. The van der Waals surface area contributed by atoms with Gasteiger partial charge >= 0.3 is 11.9 Å². The van der Waals surface area contributed by atoms with E-state index in [0.717, 1.165) is 36.8 Å². The molecular formula is C27H30O5. The van der Waals surface area contributed by atoms with Gasteiger partial charge in [-0.2, -0.15) is 0 Å². The number of hydrogen-bond donors (Lipinski definition) is 0. The molecule has 32 heavy (non-hydrogen) atoms. The summed E-state index contributed by atoms with van der Waals surface area (Å²) in [7, 11) is 0. The van der Waals surface area contributed by atoms with Crippen molar-refractivity contribution < 1.29 is 23.8 Å². The largest absolute Gasteiger partial charge is 0.464 e. The molecule has 2 aliphatic rings. The second-order valence-corrected chi connectivity index (χ2v) is 9.52. The van der Waals surface area contributed by atoms with E-state index in [4.69, 9.17) is 14.2 Å². The molecule has 1 heterocycles. The number of carbonyl (C=O) groups excluding carboxylic acids is 2. The molecule has 2 aromatic rings. The molecule has 0 spiro atoms. The van der Waals surface area contributed by atoms with E-state index in [9.17, 15) is 9.59 Å². The van der Waals surface area contributed by atoms with E-state index in [1.807, 2.05) is 19.1 Å². The summed E-state index contributed by atoms with van der Waals surface area (Å²) in [5, 5.41) is 0.